The molecule has 1 aliphatic heterocycles. The summed E-state index contributed by atoms with van der Waals surface area (Å²) < 4.78 is 0. The normalized spacial score (nSPS) is 51.3. The lowest BCUT2D eigenvalue weighted by Gasteiger charge is -2.72. The van der Waals surface area contributed by atoms with Gasteiger partial charge in [0.1, 0.15) is 0 Å². The van der Waals surface area contributed by atoms with E-state index < -0.39 is 5.97 Å². The van der Waals surface area contributed by atoms with Crippen LogP contribution in [0.1, 0.15) is 126 Å². The quantitative estimate of drug-likeness (QED) is 0.236. The van der Waals surface area contributed by atoms with E-state index in [1.54, 1.807) is 5.57 Å². The van der Waals surface area contributed by atoms with Gasteiger partial charge in [0.25, 0.3) is 0 Å². The second-order valence-electron chi connectivity index (χ2n) is 20.4. The first-order valence-electron chi connectivity index (χ1n) is 20.5. The number of rotatable bonds is 7. The fourth-order valence-electron chi connectivity index (χ4n) is 15.5. The van der Waals surface area contributed by atoms with Crippen LogP contribution in [0.4, 0.5) is 0 Å². The number of hydrogen-bond donors (Lipinski definition) is 3. The highest BCUT2D eigenvalue weighted by molar-refractivity contribution is 5.76. The molecular formula is C44H68N2O3. The maximum atomic E-state index is 11.7. The van der Waals surface area contributed by atoms with Crippen LogP contribution in [0.25, 0.3) is 0 Å². The predicted molar refractivity (Wildman–Crippen MR) is 198 cm³/mol. The van der Waals surface area contributed by atoms with Crippen molar-refractivity contribution in [3.05, 3.63) is 35.5 Å². The highest BCUT2D eigenvalue weighted by Crippen LogP contribution is 2.77. The summed E-state index contributed by atoms with van der Waals surface area (Å²) in [5.41, 5.74) is 5.76. The second-order valence-corrected chi connectivity index (χ2v) is 20.4. The Bertz CT molecular complexity index is 1450. The molecule has 0 radical (unpaired) electrons. The number of carboxylic acids is 1. The Hall–Kier alpha value is -1.43. The molecule has 5 nitrogen and oxygen atoms in total. The lowest BCUT2D eigenvalue weighted by molar-refractivity contribution is -0.221. The Labute approximate surface area is 297 Å². The number of piperidine rings is 1. The predicted octanol–water partition coefficient (Wildman–Crippen LogP) is 8.64. The SMILES string of the molecule is C=C(C)C1CCC2(NCCN3CC(O)CCC3C)CCC3(C)C(CCC4C5(C)CC=C(C6=CC7C(C6)C7C(=O)O)C(C)(C)C5CCC43C)C12. The average Bonchev–Trinajstić information content (AvgIpc) is 3.33. The van der Waals surface area contributed by atoms with Crippen LogP contribution in [0, 0.1) is 69.0 Å². The molecule has 1 saturated heterocycles. The Kier molecular flexibility index (Phi) is 8.15. The summed E-state index contributed by atoms with van der Waals surface area (Å²) in [6.45, 7) is 25.5. The van der Waals surface area contributed by atoms with Crippen molar-refractivity contribution in [3.63, 3.8) is 0 Å². The molecule has 0 bridgehead atoms. The number of carboxylic acid groups (broad SMARTS) is 1. The number of aliphatic hydroxyl groups is 1. The van der Waals surface area contributed by atoms with Gasteiger partial charge in [0.15, 0.2) is 0 Å². The van der Waals surface area contributed by atoms with E-state index in [1.807, 2.05) is 0 Å². The van der Waals surface area contributed by atoms with Crippen molar-refractivity contribution in [2.75, 3.05) is 19.6 Å². The summed E-state index contributed by atoms with van der Waals surface area (Å²) in [6, 6.07) is 0.562. The number of allylic oxidation sites excluding steroid dienone is 5. The van der Waals surface area contributed by atoms with E-state index in [0.717, 1.165) is 50.7 Å². The van der Waals surface area contributed by atoms with Crippen LogP contribution >= 0.6 is 0 Å². The van der Waals surface area contributed by atoms with E-state index in [1.165, 1.54) is 68.9 Å². The van der Waals surface area contributed by atoms with Gasteiger partial charge < -0.3 is 15.5 Å². The molecule has 0 aromatic carbocycles. The second kappa shape index (κ2) is 11.5. The van der Waals surface area contributed by atoms with Crippen molar-refractivity contribution in [2.24, 2.45) is 69.0 Å². The van der Waals surface area contributed by atoms with Crippen molar-refractivity contribution in [2.45, 2.75) is 143 Å². The van der Waals surface area contributed by atoms with Gasteiger partial charge in [-0.1, -0.05) is 58.9 Å². The molecule has 0 aromatic heterocycles. The van der Waals surface area contributed by atoms with E-state index in [4.69, 9.17) is 0 Å². The first-order chi connectivity index (χ1) is 23.1. The number of hydrogen-bond acceptors (Lipinski definition) is 4. The van der Waals surface area contributed by atoms with Crippen LogP contribution in [0.3, 0.4) is 0 Å². The topological polar surface area (TPSA) is 72.8 Å². The molecule has 14 unspecified atom stereocenters. The maximum Gasteiger partial charge on any atom is 0.307 e. The zero-order valence-corrected chi connectivity index (χ0v) is 32.0. The summed E-state index contributed by atoms with van der Waals surface area (Å²) in [5.74, 6) is 3.31. The van der Waals surface area contributed by atoms with Gasteiger partial charge in [-0.3, -0.25) is 9.69 Å². The fourth-order valence-corrected chi connectivity index (χ4v) is 15.5. The van der Waals surface area contributed by atoms with Crippen molar-refractivity contribution in [1.29, 1.82) is 0 Å². The molecule has 8 aliphatic rings. The molecule has 1 heterocycles. The van der Waals surface area contributed by atoms with E-state index in [2.05, 4.69) is 77.4 Å². The van der Waals surface area contributed by atoms with Crippen LogP contribution in [0.2, 0.25) is 0 Å². The third kappa shape index (κ3) is 4.89. The van der Waals surface area contributed by atoms with Crippen molar-refractivity contribution in [1.82, 2.24) is 10.2 Å². The number of aliphatic hydroxyl groups excluding tert-OH is 1. The summed E-state index contributed by atoms with van der Waals surface area (Å²) >= 11 is 0. The Morgan fingerprint density at radius 2 is 1.76 bits per heavy atom. The first kappa shape index (κ1) is 34.6. The third-order valence-corrected chi connectivity index (χ3v) is 18.2. The number of nitrogens with one attached hydrogen (secondary N) is 1. The molecule has 272 valence electrons. The van der Waals surface area contributed by atoms with Gasteiger partial charge in [0, 0.05) is 31.2 Å². The fraction of sp³-hybridized carbons (Fsp3) is 0.841. The summed E-state index contributed by atoms with van der Waals surface area (Å²) in [7, 11) is 0. The van der Waals surface area contributed by atoms with Crippen LogP contribution < -0.4 is 5.32 Å². The molecule has 3 N–H and O–H groups in total. The van der Waals surface area contributed by atoms with Gasteiger partial charge in [-0.05, 0) is 165 Å². The molecule has 0 aromatic rings. The molecule has 7 aliphatic carbocycles. The van der Waals surface area contributed by atoms with E-state index >= 15 is 0 Å². The van der Waals surface area contributed by atoms with Crippen LogP contribution in [0.15, 0.2) is 35.5 Å². The number of nitrogens with zero attached hydrogens (tertiary/aromatic N) is 1. The molecule has 0 amide bonds. The summed E-state index contributed by atoms with van der Waals surface area (Å²) in [6.07, 6.45) is 19.6. The number of β-amino-alcohol motifs (C(OH)–C–C–N with tert-alkyl or cyclic N) is 1. The monoisotopic (exact) mass is 673 g/mol. The molecule has 14 atom stereocenters. The average molecular weight is 673 g/mol. The van der Waals surface area contributed by atoms with Crippen molar-refractivity contribution >= 4 is 5.97 Å². The lowest BCUT2D eigenvalue weighted by atomic mass is 9.33. The minimum Gasteiger partial charge on any atom is -0.481 e. The number of fused-ring (bicyclic) bond motifs is 8. The van der Waals surface area contributed by atoms with E-state index in [-0.39, 0.29) is 28.9 Å². The van der Waals surface area contributed by atoms with Crippen molar-refractivity contribution < 1.29 is 15.0 Å². The van der Waals surface area contributed by atoms with Crippen LogP contribution in [-0.4, -0.2) is 58.4 Å². The van der Waals surface area contributed by atoms with Gasteiger partial charge in [-0.15, -0.1) is 0 Å². The number of carbonyl (C=O) groups is 1. The minimum absolute atomic E-state index is 0.122. The molecule has 0 spiro atoms. The van der Waals surface area contributed by atoms with Gasteiger partial charge in [-0.25, -0.2) is 0 Å². The molecular weight excluding hydrogens is 604 g/mol. The Balaban J connectivity index is 1.05. The van der Waals surface area contributed by atoms with Crippen molar-refractivity contribution in [3.8, 4) is 0 Å². The highest BCUT2D eigenvalue weighted by Gasteiger charge is 2.70. The molecule has 6 fully saturated rings. The van der Waals surface area contributed by atoms with Gasteiger partial charge >= 0.3 is 5.97 Å². The van der Waals surface area contributed by atoms with E-state index in [0.29, 0.717) is 46.0 Å². The van der Waals surface area contributed by atoms with Gasteiger partial charge in [0.05, 0.1) is 12.0 Å². The number of likely N-dealkylation sites (tertiary alicyclic amines) is 1. The lowest BCUT2D eigenvalue weighted by Crippen LogP contribution is -2.68. The van der Waals surface area contributed by atoms with Crippen LogP contribution in [0.5, 0.6) is 0 Å². The number of aliphatic carboxylic acids is 1. The Morgan fingerprint density at radius 3 is 2.45 bits per heavy atom. The molecule has 5 heteroatoms. The third-order valence-electron chi connectivity index (χ3n) is 18.2. The molecule has 5 saturated carbocycles. The summed E-state index contributed by atoms with van der Waals surface area (Å²) in [5, 5.41) is 24.3. The minimum atomic E-state index is -0.596. The van der Waals surface area contributed by atoms with Gasteiger partial charge in [0.2, 0.25) is 0 Å². The van der Waals surface area contributed by atoms with E-state index in [9.17, 15) is 15.0 Å². The largest absolute Gasteiger partial charge is 0.481 e. The molecule has 49 heavy (non-hydrogen) atoms. The zero-order valence-electron chi connectivity index (χ0n) is 32.0. The highest BCUT2D eigenvalue weighted by atomic mass is 16.4. The molecule has 8 rings (SSSR count). The maximum absolute atomic E-state index is 11.7. The first-order valence-corrected chi connectivity index (χ1v) is 20.5. The Morgan fingerprint density at radius 1 is 0.980 bits per heavy atom. The summed E-state index contributed by atoms with van der Waals surface area (Å²) in [4.78, 5) is 14.2. The zero-order chi connectivity index (χ0) is 34.9. The smallest absolute Gasteiger partial charge is 0.307 e. The van der Waals surface area contributed by atoms with Gasteiger partial charge in [-0.2, -0.15) is 0 Å². The van der Waals surface area contributed by atoms with Crippen LogP contribution in [-0.2, 0) is 4.79 Å². The standard InChI is InChI=1S/C44H68N2O3/c1-26(2)30-13-18-44(45-21-22-46-25-29(47)10-9-27(46)3)20-19-42(7)34(38(30)44)11-12-36-41(6)16-14-33(28-23-31-32(24-28)37(31)39(48)49)40(4,5)35(41)15-17-43(36,42)8/h14,23,27,29-32,34-38,45,47H,1,9-13,15-22,24-25H2,2-8H3,(H,48,49).